The van der Waals surface area contributed by atoms with Gasteiger partial charge in [0.05, 0.1) is 22.5 Å². The molecule has 2 aliphatic rings. The monoisotopic (exact) mass is 775 g/mol. The van der Waals surface area contributed by atoms with Crippen LogP contribution in [0.5, 0.6) is 0 Å². The lowest BCUT2D eigenvalue weighted by molar-refractivity contribution is 0.794. The van der Waals surface area contributed by atoms with Gasteiger partial charge < -0.3 is 0 Å². The highest BCUT2D eigenvalue weighted by Gasteiger charge is 2.51. The number of rotatable bonds is 6. The third-order valence-corrected chi connectivity index (χ3v) is 12.6. The first-order valence-corrected chi connectivity index (χ1v) is 20.8. The first-order valence-electron chi connectivity index (χ1n) is 20.8. The van der Waals surface area contributed by atoms with Crippen LogP contribution < -0.4 is 0 Å². The van der Waals surface area contributed by atoms with Crippen LogP contribution in [-0.4, -0.2) is 15.0 Å². The number of benzene rings is 8. The molecule has 3 nitrogen and oxygen atoms in total. The molecule has 1 spiro atoms. The molecule has 0 aliphatic heterocycles. The highest BCUT2D eigenvalue weighted by atomic mass is 14.9. The molecule has 0 saturated carbocycles. The quantitative estimate of drug-likeness (QED) is 0.169. The van der Waals surface area contributed by atoms with E-state index >= 15 is 0 Å². The van der Waals surface area contributed by atoms with Gasteiger partial charge in [0.1, 0.15) is 0 Å². The lowest BCUT2D eigenvalue weighted by atomic mass is 9.70. The largest absolute Gasteiger partial charge is 0.256 e. The summed E-state index contributed by atoms with van der Waals surface area (Å²) >= 11 is 0. The van der Waals surface area contributed by atoms with Crippen LogP contribution in [-0.2, 0) is 5.41 Å². The van der Waals surface area contributed by atoms with Crippen molar-refractivity contribution in [3.8, 4) is 89.7 Å². The summed E-state index contributed by atoms with van der Waals surface area (Å²) in [5.41, 5.74) is 21.7. The molecule has 3 heteroatoms. The number of hydrogen-bond acceptors (Lipinski definition) is 3. The van der Waals surface area contributed by atoms with Crippen molar-refractivity contribution >= 4 is 0 Å². The minimum absolute atomic E-state index is 0.369. The Balaban J connectivity index is 0.907. The molecule has 0 fully saturated rings. The number of pyridine rings is 1. The molecule has 0 N–H and O–H groups in total. The van der Waals surface area contributed by atoms with Gasteiger partial charge >= 0.3 is 0 Å². The molecule has 8 aromatic carbocycles. The molecule has 284 valence electrons. The smallest absolute Gasteiger partial charge is 0.160 e. The van der Waals surface area contributed by atoms with Crippen LogP contribution in [0.15, 0.2) is 225 Å². The molecule has 0 amide bonds. The van der Waals surface area contributed by atoms with Gasteiger partial charge in [-0.15, -0.1) is 0 Å². The third-order valence-electron chi connectivity index (χ3n) is 12.6. The van der Waals surface area contributed by atoms with Crippen LogP contribution in [0.25, 0.3) is 89.7 Å². The van der Waals surface area contributed by atoms with Gasteiger partial charge in [0.25, 0.3) is 0 Å². The molecular weight excluding hydrogens is 739 g/mol. The second-order valence-corrected chi connectivity index (χ2v) is 15.9. The van der Waals surface area contributed by atoms with Gasteiger partial charge in [-0.1, -0.05) is 188 Å². The fourth-order valence-electron chi connectivity index (χ4n) is 9.77. The van der Waals surface area contributed by atoms with Crippen molar-refractivity contribution in [3.63, 3.8) is 0 Å². The highest BCUT2D eigenvalue weighted by molar-refractivity contribution is 5.96. The Kier molecular flexibility index (Phi) is 8.07. The Morgan fingerprint density at radius 1 is 0.262 bits per heavy atom. The molecule has 12 rings (SSSR count). The molecule has 2 aromatic heterocycles. The summed E-state index contributed by atoms with van der Waals surface area (Å²) in [7, 11) is 0. The van der Waals surface area contributed by atoms with E-state index in [1.54, 1.807) is 0 Å². The third kappa shape index (κ3) is 5.62. The van der Waals surface area contributed by atoms with Gasteiger partial charge in [0.2, 0.25) is 0 Å². The predicted molar refractivity (Wildman–Crippen MR) is 249 cm³/mol. The molecule has 0 saturated heterocycles. The molecule has 0 bridgehead atoms. The summed E-state index contributed by atoms with van der Waals surface area (Å²) in [6.07, 6.45) is 1.91. The molecular formula is C58H37N3. The van der Waals surface area contributed by atoms with Crippen molar-refractivity contribution in [3.05, 3.63) is 247 Å². The summed E-state index contributed by atoms with van der Waals surface area (Å²) in [5.74, 6) is 0.681. The van der Waals surface area contributed by atoms with Gasteiger partial charge in [-0.2, -0.15) is 0 Å². The van der Waals surface area contributed by atoms with E-state index < -0.39 is 0 Å². The highest BCUT2D eigenvalue weighted by Crippen LogP contribution is 2.63. The van der Waals surface area contributed by atoms with Crippen molar-refractivity contribution in [2.75, 3.05) is 0 Å². The zero-order valence-electron chi connectivity index (χ0n) is 33.2. The molecule has 0 atom stereocenters. The zero-order valence-corrected chi connectivity index (χ0v) is 33.2. The lowest BCUT2D eigenvalue weighted by Gasteiger charge is -2.30. The molecule has 0 unspecified atom stereocenters. The molecule has 61 heavy (non-hydrogen) atoms. The summed E-state index contributed by atoms with van der Waals surface area (Å²) in [6, 6.07) is 78.4. The van der Waals surface area contributed by atoms with Crippen LogP contribution in [0.4, 0.5) is 0 Å². The van der Waals surface area contributed by atoms with Crippen molar-refractivity contribution in [2.45, 2.75) is 5.41 Å². The summed E-state index contributed by atoms with van der Waals surface area (Å²) < 4.78 is 0. The van der Waals surface area contributed by atoms with Gasteiger partial charge in [-0.05, 0) is 97.1 Å². The van der Waals surface area contributed by atoms with Crippen LogP contribution in [0, 0.1) is 0 Å². The topological polar surface area (TPSA) is 38.7 Å². The summed E-state index contributed by atoms with van der Waals surface area (Å²) in [4.78, 5) is 14.9. The Bertz CT molecular complexity index is 3220. The Morgan fingerprint density at radius 2 is 0.705 bits per heavy atom. The van der Waals surface area contributed by atoms with E-state index in [4.69, 9.17) is 15.0 Å². The second kappa shape index (κ2) is 14.1. The Morgan fingerprint density at radius 3 is 1.31 bits per heavy atom. The van der Waals surface area contributed by atoms with E-state index in [1.165, 1.54) is 55.6 Å². The average molecular weight is 776 g/mol. The maximum Gasteiger partial charge on any atom is 0.160 e. The van der Waals surface area contributed by atoms with E-state index in [-0.39, 0.29) is 5.41 Å². The van der Waals surface area contributed by atoms with Gasteiger partial charge in [0, 0.05) is 28.5 Å². The first-order chi connectivity index (χ1) is 30.2. The van der Waals surface area contributed by atoms with Gasteiger partial charge in [0.15, 0.2) is 5.82 Å². The maximum absolute atomic E-state index is 5.09. The van der Waals surface area contributed by atoms with E-state index in [0.717, 1.165) is 50.5 Å². The van der Waals surface area contributed by atoms with Crippen molar-refractivity contribution < 1.29 is 0 Å². The number of fused-ring (bicyclic) bond motifs is 10. The van der Waals surface area contributed by atoms with Crippen LogP contribution >= 0.6 is 0 Å². The molecule has 10 aromatic rings. The minimum atomic E-state index is -0.369. The Labute approximate surface area is 355 Å². The minimum Gasteiger partial charge on any atom is -0.256 e. The molecule has 2 aliphatic carbocycles. The van der Waals surface area contributed by atoms with E-state index in [2.05, 4.69) is 182 Å². The fourth-order valence-corrected chi connectivity index (χ4v) is 9.77. The van der Waals surface area contributed by atoms with Gasteiger partial charge in [-0.3, -0.25) is 4.98 Å². The summed E-state index contributed by atoms with van der Waals surface area (Å²) in [5, 5.41) is 0. The van der Waals surface area contributed by atoms with Gasteiger partial charge in [-0.25, -0.2) is 9.97 Å². The number of hydrogen-bond donors (Lipinski definition) is 0. The predicted octanol–water partition coefficient (Wildman–Crippen LogP) is 14.2. The molecule has 0 radical (unpaired) electrons. The van der Waals surface area contributed by atoms with Crippen LogP contribution in [0.3, 0.4) is 0 Å². The second-order valence-electron chi connectivity index (χ2n) is 15.9. The van der Waals surface area contributed by atoms with E-state index in [0.29, 0.717) is 5.82 Å². The SMILES string of the molecule is c1ccc(-c2ccc(-c3cc(-c4ccc(-c5cccc(-c6ccc7c(c6)C6(c8ccccc8-c8ccccc86)c6ccccc6-7)c5)cc4)nc(-c4ccccc4)n3)cn2)cc1. The van der Waals surface area contributed by atoms with E-state index in [1.807, 2.05) is 42.6 Å². The number of aromatic nitrogens is 3. The summed E-state index contributed by atoms with van der Waals surface area (Å²) in [6.45, 7) is 0. The van der Waals surface area contributed by atoms with E-state index in [9.17, 15) is 0 Å². The lowest BCUT2D eigenvalue weighted by Crippen LogP contribution is -2.25. The standard InChI is InChI=1S/C58H37N3/c1-3-14-39(15-4-1)54-33-31-45(37-59-54)56-36-55(60-57(61-56)41-16-5-2-6-17-41)40-28-26-38(27-29-40)42-18-13-19-43(34-42)44-30-32-49-48-22-9-12-25-52(48)58(53(49)35-44)50-23-10-7-20-46(50)47-21-8-11-24-51(47)58/h1-37H. The normalized spacial score (nSPS) is 12.7. The van der Waals surface area contributed by atoms with Crippen LogP contribution in [0.1, 0.15) is 22.3 Å². The van der Waals surface area contributed by atoms with Crippen molar-refractivity contribution in [1.82, 2.24) is 15.0 Å². The van der Waals surface area contributed by atoms with Crippen molar-refractivity contribution in [1.29, 1.82) is 0 Å². The maximum atomic E-state index is 5.09. The fraction of sp³-hybridized carbons (Fsp3) is 0.0172. The molecule has 2 heterocycles. The van der Waals surface area contributed by atoms with Crippen molar-refractivity contribution in [2.24, 2.45) is 0 Å². The zero-order chi connectivity index (χ0) is 40.3. The average Bonchev–Trinajstić information content (AvgIpc) is 3.82. The number of nitrogens with zero attached hydrogens (tertiary/aromatic N) is 3. The first kappa shape index (κ1) is 35.0. The Hall–Kier alpha value is -8.01. The van der Waals surface area contributed by atoms with Crippen LogP contribution in [0.2, 0.25) is 0 Å².